The van der Waals surface area contributed by atoms with Crippen LogP contribution in [0.1, 0.15) is 30.9 Å². The quantitative estimate of drug-likeness (QED) is 0.831. The van der Waals surface area contributed by atoms with Crippen LogP contribution >= 0.6 is 24.0 Å². The standard InChI is InChI=1S/C16H20ClF3N2O.ClH/c17-13-10-12(4-5-14(13)23-16(18,19)20)15(11-2-1-3-11)22-8-6-21-7-9-22;/h4-5,10-11,15,21H,1-3,6-9H2;1H/t15-;/m0./s1. The van der Waals surface area contributed by atoms with Gasteiger partial charge in [0.2, 0.25) is 0 Å². The van der Waals surface area contributed by atoms with Gasteiger partial charge in [-0.25, -0.2) is 0 Å². The maximum absolute atomic E-state index is 12.4. The molecule has 2 aliphatic rings. The first kappa shape index (κ1) is 19.6. The summed E-state index contributed by atoms with van der Waals surface area (Å²) in [6.45, 7) is 3.76. The van der Waals surface area contributed by atoms with Crippen molar-refractivity contribution in [1.82, 2.24) is 10.2 Å². The summed E-state index contributed by atoms with van der Waals surface area (Å²) in [6, 6.07) is 4.91. The zero-order chi connectivity index (χ0) is 16.4. The zero-order valence-electron chi connectivity index (χ0n) is 13.1. The zero-order valence-corrected chi connectivity index (χ0v) is 14.7. The maximum Gasteiger partial charge on any atom is 0.573 e. The summed E-state index contributed by atoms with van der Waals surface area (Å²) in [5, 5.41) is 3.34. The first-order chi connectivity index (χ1) is 10.9. The third-order valence-corrected chi connectivity index (χ3v) is 4.96. The molecule has 1 saturated heterocycles. The van der Waals surface area contributed by atoms with Crippen LogP contribution in [-0.4, -0.2) is 37.4 Å². The summed E-state index contributed by atoms with van der Waals surface area (Å²) in [4.78, 5) is 2.41. The fraction of sp³-hybridized carbons (Fsp3) is 0.625. The molecule has 1 saturated carbocycles. The van der Waals surface area contributed by atoms with E-state index in [1.54, 1.807) is 12.1 Å². The van der Waals surface area contributed by atoms with Crippen molar-refractivity contribution in [1.29, 1.82) is 0 Å². The number of alkyl halides is 3. The van der Waals surface area contributed by atoms with Crippen LogP contribution < -0.4 is 10.1 Å². The van der Waals surface area contributed by atoms with Crippen LogP contribution in [0.2, 0.25) is 5.02 Å². The first-order valence-electron chi connectivity index (χ1n) is 7.94. The Balaban J connectivity index is 0.00000208. The van der Waals surface area contributed by atoms with Gasteiger partial charge in [-0.05, 0) is 36.5 Å². The molecule has 24 heavy (non-hydrogen) atoms. The molecule has 136 valence electrons. The Bertz CT molecular complexity index is 547. The first-order valence-corrected chi connectivity index (χ1v) is 8.32. The summed E-state index contributed by atoms with van der Waals surface area (Å²) in [6.07, 6.45) is -1.19. The molecule has 8 heteroatoms. The molecule has 1 aliphatic carbocycles. The summed E-state index contributed by atoms with van der Waals surface area (Å²) >= 11 is 6.03. The Labute approximate surface area is 150 Å². The maximum atomic E-state index is 12.4. The minimum Gasteiger partial charge on any atom is -0.404 e. The van der Waals surface area contributed by atoms with E-state index in [1.807, 2.05) is 0 Å². The van der Waals surface area contributed by atoms with Crippen LogP contribution in [0.25, 0.3) is 0 Å². The van der Waals surface area contributed by atoms with Crippen LogP contribution in [0, 0.1) is 5.92 Å². The number of halogens is 5. The Kier molecular flexibility index (Phi) is 6.65. The molecule has 1 atom stereocenters. The van der Waals surface area contributed by atoms with Gasteiger partial charge < -0.3 is 10.1 Å². The molecule has 0 radical (unpaired) electrons. The van der Waals surface area contributed by atoms with Crippen LogP contribution in [-0.2, 0) is 0 Å². The van der Waals surface area contributed by atoms with E-state index >= 15 is 0 Å². The normalized spacial score (nSPS) is 20.8. The molecule has 3 nitrogen and oxygen atoms in total. The van der Waals surface area contributed by atoms with E-state index in [2.05, 4.69) is 15.0 Å². The molecule has 0 bridgehead atoms. The number of nitrogens with one attached hydrogen (secondary N) is 1. The highest BCUT2D eigenvalue weighted by Gasteiger charge is 2.35. The highest BCUT2D eigenvalue weighted by atomic mass is 35.5. The van der Waals surface area contributed by atoms with Crippen LogP contribution in [0.5, 0.6) is 5.75 Å². The van der Waals surface area contributed by atoms with E-state index in [1.165, 1.54) is 12.5 Å². The van der Waals surface area contributed by atoms with E-state index in [-0.39, 0.29) is 29.2 Å². The predicted molar refractivity (Wildman–Crippen MR) is 89.9 cm³/mol. The topological polar surface area (TPSA) is 24.5 Å². The Morgan fingerprint density at radius 2 is 1.88 bits per heavy atom. The van der Waals surface area contributed by atoms with Crippen molar-refractivity contribution >= 4 is 24.0 Å². The van der Waals surface area contributed by atoms with E-state index in [0.29, 0.717) is 5.92 Å². The van der Waals surface area contributed by atoms with Gasteiger partial charge in [0.1, 0.15) is 5.75 Å². The Morgan fingerprint density at radius 3 is 2.38 bits per heavy atom. The number of benzene rings is 1. The third kappa shape index (κ3) is 4.69. The van der Waals surface area contributed by atoms with E-state index < -0.39 is 6.36 Å². The molecular weight excluding hydrogens is 364 g/mol. The van der Waals surface area contributed by atoms with Gasteiger partial charge in [-0.1, -0.05) is 24.1 Å². The smallest absolute Gasteiger partial charge is 0.404 e. The van der Waals surface area contributed by atoms with E-state index in [4.69, 9.17) is 11.6 Å². The molecule has 1 aromatic carbocycles. The van der Waals surface area contributed by atoms with Crippen LogP contribution in [0.3, 0.4) is 0 Å². The molecule has 1 aromatic rings. The van der Waals surface area contributed by atoms with Crippen LogP contribution in [0.4, 0.5) is 13.2 Å². The molecular formula is C16H21Cl2F3N2O. The number of nitrogens with zero attached hydrogens (tertiary/aromatic N) is 1. The van der Waals surface area contributed by atoms with Crippen molar-refractivity contribution in [2.45, 2.75) is 31.7 Å². The van der Waals surface area contributed by atoms with Gasteiger partial charge in [0.05, 0.1) is 5.02 Å². The average Bonchev–Trinajstić information content (AvgIpc) is 2.44. The minimum absolute atomic E-state index is 0. The molecule has 1 aliphatic heterocycles. The predicted octanol–water partition coefficient (Wildman–Crippen LogP) is 4.41. The second-order valence-electron chi connectivity index (χ2n) is 6.16. The monoisotopic (exact) mass is 384 g/mol. The summed E-state index contributed by atoms with van der Waals surface area (Å²) < 4.78 is 41.1. The summed E-state index contributed by atoms with van der Waals surface area (Å²) in [7, 11) is 0. The Hall–Kier alpha value is -0.690. The number of ether oxygens (including phenoxy) is 1. The van der Waals surface area contributed by atoms with Gasteiger partial charge in [0.25, 0.3) is 0 Å². The van der Waals surface area contributed by atoms with E-state index in [0.717, 1.165) is 44.6 Å². The van der Waals surface area contributed by atoms with Gasteiger partial charge in [-0.15, -0.1) is 25.6 Å². The summed E-state index contributed by atoms with van der Waals surface area (Å²) in [5.41, 5.74) is 0.983. The average molecular weight is 385 g/mol. The molecule has 3 rings (SSSR count). The van der Waals surface area contributed by atoms with Gasteiger partial charge in [-0.2, -0.15) is 0 Å². The largest absolute Gasteiger partial charge is 0.573 e. The highest BCUT2D eigenvalue weighted by Crippen LogP contribution is 2.43. The summed E-state index contributed by atoms with van der Waals surface area (Å²) in [5.74, 6) is 0.217. The number of rotatable bonds is 4. The van der Waals surface area contributed by atoms with Crippen molar-refractivity contribution in [3.63, 3.8) is 0 Å². The van der Waals surface area contributed by atoms with Gasteiger partial charge in [0, 0.05) is 32.2 Å². The van der Waals surface area contributed by atoms with Crippen LogP contribution in [0.15, 0.2) is 18.2 Å². The number of hydrogen-bond acceptors (Lipinski definition) is 3. The lowest BCUT2D eigenvalue weighted by atomic mass is 9.76. The van der Waals surface area contributed by atoms with Gasteiger partial charge >= 0.3 is 6.36 Å². The molecule has 0 unspecified atom stereocenters. The van der Waals surface area contributed by atoms with Crippen molar-refractivity contribution in [3.05, 3.63) is 28.8 Å². The second kappa shape index (κ2) is 8.13. The number of piperazine rings is 1. The second-order valence-corrected chi connectivity index (χ2v) is 6.57. The molecule has 0 spiro atoms. The molecule has 1 N–H and O–H groups in total. The third-order valence-electron chi connectivity index (χ3n) is 4.66. The van der Waals surface area contributed by atoms with Gasteiger partial charge in [0.15, 0.2) is 0 Å². The number of hydrogen-bond donors (Lipinski definition) is 1. The molecule has 2 fully saturated rings. The van der Waals surface area contributed by atoms with Crippen molar-refractivity contribution in [2.24, 2.45) is 5.92 Å². The highest BCUT2D eigenvalue weighted by molar-refractivity contribution is 6.32. The molecule has 0 aromatic heterocycles. The van der Waals surface area contributed by atoms with E-state index in [9.17, 15) is 13.2 Å². The Morgan fingerprint density at radius 1 is 1.21 bits per heavy atom. The lowest BCUT2D eigenvalue weighted by molar-refractivity contribution is -0.274. The van der Waals surface area contributed by atoms with Crippen molar-refractivity contribution in [2.75, 3.05) is 26.2 Å². The minimum atomic E-state index is -4.73. The van der Waals surface area contributed by atoms with Crippen molar-refractivity contribution in [3.8, 4) is 5.75 Å². The molecule has 1 heterocycles. The SMILES string of the molecule is Cl.FC(F)(F)Oc1ccc([C@H](C2CCC2)N2CCNCC2)cc1Cl. The molecule has 0 amide bonds. The fourth-order valence-electron chi connectivity index (χ4n) is 3.41. The van der Waals surface area contributed by atoms with Gasteiger partial charge in [-0.3, -0.25) is 4.90 Å². The lowest BCUT2D eigenvalue weighted by Gasteiger charge is -2.43. The van der Waals surface area contributed by atoms with Crippen molar-refractivity contribution < 1.29 is 17.9 Å². The lowest BCUT2D eigenvalue weighted by Crippen LogP contribution is -2.47. The fourth-order valence-corrected chi connectivity index (χ4v) is 3.63.